The minimum atomic E-state index is -1.64. The molecule has 0 spiro atoms. The van der Waals surface area contributed by atoms with E-state index >= 15 is 0 Å². The summed E-state index contributed by atoms with van der Waals surface area (Å²) in [6.45, 7) is 12.9. The molecule has 1 saturated heterocycles. The monoisotopic (exact) mass is 892 g/mol. The molecular formula is C24H38Ac2O7. The maximum Gasteiger partial charge on any atom is 0.303 e. The Morgan fingerprint density at radius 1 is 1.12 bits per heavy atom. The third kappa shape index (κ3) is 4.08. The smallest absolute Gasteiger partial charge is 0.303 e. The SMILES string of the molecule is CC(=O)O[C@H]1C2[C@](C)([C@H](O)[C@H](C)C3=C(C)[C@@H](O)C[C@]1(O)C3(C)C)[C@@H](C)C[C@H]1OC[C@@]21O.[Ac].[Ac]. The number of esters is 1. The van der Waals surface area contributed by atoms with Gasteiger partial charge in [0.1, 0.15) is 17.3 Å². The van der Waals surface area contributed by atoms with Gasteiger partial charge in [0.05, 0.1) is 24.9 Å². The van der Waals surface area contributed by atoms with Gasteiger partial charge in [0.2, 0.25) is 0 Å². The van der Waals surface area contributed by atoms with Gasteiger partial charge in [-0.05, 0) is 24.8 Å². The Kier molecular flexibility index (Phi) is 9.32. The van der Waals surface area contributed by atoms with Gasteiger partial charge in [0.15, 0.2) is 0 Å². The van der Waals surface area contributed by atoms with Crippen LogP contribution in [0.5, 0.6) is 0 Å². The van der Waals surface area contributed by atoms with Crippen LogP contribution in [-0.2, 0) is 14.3 Å². The molecule has 4 N–H and O–H groups in total. The fourth-order valence-electron chi connectivity index (χ4n) is 7.74. The number of ether oxygens (including phenoxy) is 2. The Morgan fingerprint density at radius 2 is 1.70 bits per heavy atom. The summed E-state index contributed by atoms with van der Waals surface area (Å²) < 4.78 is 11.6. The number of fused-ring (bicyclic) bond motifs is 5. The van der Waals surface area contributed by atoms with Gasteiger partial charge in [0.25, 0.3) is 0 Å². The Balaban J connectivity index is 0.00000193. The van der Waals surface area contributed by atoms with Crippen LogP contribution in [0.25, 0.3) is 0 Å². The molecule has 182 valence electrons. The zero-order chi connectivity index (χ0) is 23.3. The van der Waals surface area contributed by atoms with Gasteiger partial charge >= 0.3 is 5.97 Å². The normalized spacial score (nSPS) is 50.2. The second-order valence-electron chi connectivity index (χ2n) is 11.4. The van der Waals surface area contributed by atoms with Gasteiger partial charge in [-0.25, -0.2) is 0 Å². The van der Waals surface area contributed by atoms with E-state index in [1.807, 2.05) is 41.5 Å². The van der Waals surface area contributed by atoms with Crippen molar-refractivity contribution in [2.24, 2.45) is 28.6 Å². The summed E-state index contributed by atoms with van der Waals surface area (Å²) in [6.07, 6.45) is -2.83. The molecule has 7 nitrogen and oxygen atoms in total. The number of carbonyl (C=O) groups is 1. The van der Waals surface area contributed by atoms with E-state index in [-0.39, 0.29) is 113 Å². The first kappa shape index (κ1) is 31.1. The van der Waals surface area contributed by atoms with Crippen molar-refractivity contribution < 1.29 is 123 Å². The van der Waals surface area contributed by atoms with Crippen LogP contribution in [0.4, 0.5) is 0 Å². The molecule has 33 heavy (non-hydrogen) atoms. The van der Waals surface area contributed by atoms with Gasteiger partial charge in [0, 0.05) is 124 Å². The quantitative estimate of drug-likeness (QED) is 0.234. The molecule has 4 rings (SSSR count). The van der Waals surface area contributed by atoms with Crippen LogP contribution in [0, 0.1) is 117 Å². The Bertz CT molecular complexity index is 832. The molecule has 1 aliphatic heterocycles. The summed E-state index contributed by atoms with van der Waals surface area (Å²) in [5.41, 5.74) is -3.20. The molecule has 0 aromatic carbocycles. The first-order valence-corrected chi connectivity index (χ1v) is 11.4. The van der Waals surface area contributed by atoms with Crippen molar-refractivity contribution >= 4 is 5.97 Å². The first-order chi connectivity index (χ1) is 14.1. The van der Waals surface area contributed by atoms with Gasteiger partial charge in [-0.1, -0.05) is 40.2 Å². The van der Waals surface area contributed by atoms with E-state index < -0.39 is 58.3 Å². The predicted octanol–water partition coefficient (Wildman–Crippen LogP) is 1.56. The molecule has 4 aliphatic rings. The summed E-state index contributed by atoms with van der Waals surface area (Å²) in [4.78, 5) is 12.3. The van der Waals surface area contributed by atoms with Crippen LogP contribution in [0.1, 0.15) is 61.3 Å². The van der Waals surface area contributed by atoms with Crippen molar-refractivity contribution in [2.75, 3.05) is 6.61 Å². The van der Waals surface area contributed by atoms with Crippen LogP contribution in [0.15, 0.2) is 11.1 Å². The molecule has 10 atom stereocenters. The van der Waals surface area contributed by atoms with Crippen molar-refractivity contribution in [1.82, 2.24) is 0 Å². The zero-order valence-corrected chi connectivity index (χ0v) is 30.3. The molecule has 3 aliphatic carbocycles. The molecule has 0 aromatic heterocycles. The van der Waals surface area contributed by atoms with Crippen molar-refractivity contribution in [2.45, 2.75) is 96.9 Å². The number of carbonyl (C=O) groups excluding carboxylic acids is 1. The third-order valence-corrected chi connectivity index (χ3v) is 9.73. The molecule has 2 radical (unpaired) electrons. The average molecular weight is 893 g/mol. The average Bonchev–Trinajstić information content (AvgIpc) is 2.66. The van der Waals surface area contributed by atoms with Gasteiger partial charge in [-0.3, -0.25) is 4.79 Å². The summed E-state index contributed by atoms with van der Waals surface area (Å²) >= 11 is 0. The van der Waals surface area contributed by atoms with E-state index in [4.69, 9.17) is 9.47 Å². The Morgan fingerprint density at radius 3 is 2.18 bits per heavy atom. The summed E-state index contributed by atoms with van der Waals surface area (Å²) in [5.74, 6) is -1.76. The molecule has 1 heterocycles. The number of rotatable bonds is 1. The molecule has 3 fully saturated rings. The van der Waals surface area contributed by atoms with Crippen LogP contribution < -0.4 is 0 Å². The maximum absolute atomic E-state index is 12.3. The molecule has 9 heteroatoms. The molecule has 2 bridgehead atoms. The van der Waals surface area contributed by atoms with Crippen LogP contribution in [-0.4, -0.2) is 68.6 Å². The molecule has 2 saturated carbocycles. The second kappa shape index (κ2) is 9.89. The number of aliphatic hydroxyl groups is 4. The third-order valence-electron chi connectivity index (χ3n) is 9.73. The summed E-state index contributed by atoms with van der Waals surface area (Å²) in [7, 11) is 0. The van der Waals surface area contributed by atoms with E-state index in [9.17, 15) is 25.2 Å². The standard InChI is InChI=1S/C24H38O7.2Ac/c1-11-8-16-23(28,10-30-16)18-20(31-14(4)25)24(29)9-15(26)12(2)17(21(24,5)6)13(3)19(27)22(11,18)7;;/h11,13,15-16,18-20,26-29H,8-10H2,1-7H3;;/t11-,13+,15-,16+,18?,19+,20-,22+,23-,24+;;/m0../s1. The largest absolute Gasteiger partial charge is 0.459 e. The fourth-order valence-corrected chi connectivity index (χ4v) is 7.74. The summed E-state index contributed by atoms with van der Waals surface area (Å²) in [5, 5.41) is 46.9. The predicted molar refractivity (Wildman–Crippen MR) is 113 cm³/mol. The van der Waals surface area contributed by atoms with Crippen LogP contribution in [0.2, 0.25) is 0 Å². The maximum atomic E-state index is 12.3. The van der Waals surface area contributed by atoms with E-state index in [2.05, 4.69) is 0 Å². The first-order valence-electron chi connectivity index (χ1n) is 11.4. The van der Waals surface area contributed by atoms with Crippen molar-refractivity contribution in [3.05, 3.63) is 11.1 Å². The number of hydrogen-bond donors (Lipinski definition) is 4. The van der Waals surface area contributed by atoms with Crippen LogP contribution >= 0.6 is 0 Å². The van der Waals surface area contributed by atoms with E-state index in [1.165, 1.54) is 6.92 Å². The topological polar surface area (TPSA) is 116 Å². The second-order valence-corrected chi connectivity index (χ2v) is 11.4. The molecule has 1 unspecified atom stereocenters. The Hall–Kier alpha value is 1.89. The molecule has 0 aromatic rings. The minimum Gasteiger partial charge on any atom is -0.459 e. The van der Waals surface area contributed by atoms with Gasteiger partial charge in [-0.2, -0.15) is 0 Å². The molecular weight excluding hydrogens is 854 g/mol. The van der Waals surface area contributed by atoms with Gasteiger partial charge in [-0.15, -0.1) is 0 Å². The van der Waals surface area contributed by atoms with Crippen molar-refractivity contribution in [3.63, 3.8) is 0 Å². The van der Waals surface area contributed by atoms with E-state index in [0.29, 0.717) is 6.42 Å². The zero-order valence-electron chi connectivity index (χ0n) is 20.8. The van der Waals surface area contributed by atoms with Crippen molar-refractivity contribution in [3.8, 4) is 0 Å². The van der Waals surface area contributed by atoms with E-state index in [1.54, 1.807) is 0 Å². The molecule has 0 amide bonds. The number of hydrogen-bond acceptors (Lipinski definition) is 7. The van der Waals surface area contributed by atoms with Gasteiger partial charge < -0.3 is 29.9 Å². The van der Waals surface area contributed by atoms with Crippen LogP contribution in [0.3, 0.4) is 0 Å². The fraction of sp³-hybridized carbons (Fsp3) is 0.875. The minimum absolute atomic E-state index is 0. The number of aliphatic hydroxyl groups excluding tert-OH is 2. The Labute approximate surface area is 268 Å². The summed E-state index contributed by atoms with van der Waals surface area (Å²) in [6, 6.07) is 0. The van der Waals surface area contributed by atoms with Crippen molar-refractivity contribution in [1.29, 1.82) is 0 Å². The van der Waals surface area contributed by atoms with E-state index in [0.717, 1.165) is 11.1 Å².